The van der Waals surface area contributed by atoms with E-state index in [4.69, 9.17) is 9.47 Å². The van der Waals surface area contributed by atoms with Crippen molar-refractivity contribution in [2.24, 2.45) is 0 Å². The van der Waals surface area contributed by atoms with Crippen LogP contribution in [0.1, 0.15) is 35.9 Å². The number of hydrogen-bond acceptors (Lipinski definition) is 6. The third-order valence-corrected chi connectivity index (χ3v) is 6.07. The van der Waals surface area contributed by atoms with Crippen LogP contribution in [0.4, 0.5) is 0 Å². The summed E-state index contributed by atoms with van der Waals surface area (Å²) in [5, 5.41) is 11.5. The molecular formula is C25H23NO4S. The molecule has 0 bridgehead atoms. The first kappa shape index (κ1) is 20.9. The summed E-state index contributed by atoms with van der Waals surface area (Å²) in [6.07, 6.45) is 1.70. The van der Waals surface area contributed by atoms with Crippen LogP contribution in [-0.4, -0.2) is 22.7 Å². The zero-order valence-corrected chi connectivity index (χ0v) is 18.2. The smallest absolute Gasteiger partial charge is 0.360 e. The molecule has 5 nitrogen and oxygen atoms in total. The second-order valence-electron chi connectivity index (χ2n) is 7.18. The van der Waals surface area contributed by atoms with Crippen LogP contribution in [0.3, 0.4) is 0 Å². The second-order valence-corrected chi connectivity index (χ2v) is 8.23. The molecule has 1 N–H and O–H groups in total. The average molecular weight is 434 g/mol. The van der Waals surface area contributed by atoms with Gasteiger partial charge in [0.1, 0.15) is 11.5 Å². The molecule has 0 fully saturated rings. The van der Waals surface area contributed by atoms with Gasteiger partial charge in [-0.25, -0.2) is 9.78 Å². The molecular weight excluding hydrogens is 410 g/mol. The number of esters is 1. The Morgan fingerprint density at radius 3 is 2.48 bits per heavy atom. The Bertz CT molecular complexity index is 1200. The maximum atomic E-state index is 12.3. The molecule has 0 radical (unpaired) electrons. The number of thiophene rings is 1. The molecule has 4 aromatic rings. The van der Waals surface area contributed by atoms with Gasteiger partial charge in [0.2, 0.25) is 0 Å². The fourth-order valence-corrected chi connectivity index (χ4v) is 4.36. The van der Waals surface area contributed by atoms with E-state index in [0.717, 1.165) is 40.2 Å². The number of nitrogens with zero attached hydrogens (tertiary/aromatic N) is 1. The minimum atomic E-state index is -0.590. The molecule has 0 spiro atoms. The summed E-state index contributed by atoms with van der Waals surface area (Å²) in [4.78, 5) is 17.6. The average Bonchev–Trinajstić information content (AvgIpc) is 3.24. The number of aromatic nitrogens is 1. The Morgan fingerprint density at radius 1 is 1.06 bits per heavy atom. The lowest BCUT2D eigenvalue weighted by Crippen LogP contribution is -2.09. The van der Waals surface area contributed by atoms with Gasteiger partial charge in [0, 0.05) is 16.0 Å². The summed E-state index contributed by atoms with van der Waals surface area (Å²) < 4.78 is 11.7. The Labute approximate surface area is 184 Å². The lowest BCUT2D eigenvalue weighted by atomic mass is 10.1. The summed E-state index contributed by atoms with van der Waals surface area (Å²) in [5.74, 6) is 0.812. The number of carbonyl (C=O) groups is 1. The molecule has 2 aromatic carbocycles. The summed E-state index contributed by atoms with van der Waals surface area (Å²) in [5.41, 5.74) is 1.65. The third-order valence-electron chi connectivity index (χ3n) is 4.88. The van der Waals surface area contributed by atoms with Crippen molar-refractivity contribution >= 4 is 27.4 Å². The Balaban J connectivity index is 1.61. The van der Waals surface area contributed by atoms with Crippen LogP contribution >= 0.6 is 11.3 Å². The fourth-order valence-electron chi connectivity index (χ4n) is 3.20. The van der Waals surface area contributed by atoms with Gasteiger partial charge in [-0.3, -0.25) is 0 Å². The first-order chi connectivity index (χ1) is 15.1. The molecule has 0 aliphatic rings. The largest absolute Gasteiger partial charge is 0.504 e. The lowest BCUT2D eigenvalue weighted by Gasteiger charge is -2.07. The van der Waals surface area contributed by atoms with Gasteiger partial charge in [-0.15, -0.1) is 11.3 Å². The van der Waals surface area contributed by atoms with E-state index in [0.29, 0.717) is 17.0 Å². The van der Waals surface area contributed by atoms with E-state index in [1.807, 2.05) is 74.5 Å². The SMILES string of the molecule is CCCCOC(=O)c1nc(C)c2cc(-c3ccc(Oc4ccccc4)cc3)sc2c1O. The molecule has 158 valence electrons. The molecule has 6 heteroatoms. The zero-order chi connectivity index (χ0) is 21.8. The highest BCUT2D eigenvalue weighted by Crippen LogP contribution is 2.41. The van der Waals surface area contributed by atoms with Gasteiger partial charge in [-0.2, -0.15) is 0 Å². The molecule has 31 heavy (non-hydrogen) atoms. The quantitative estimate of drug-likeness (QED) is 0.259. The number of para-hydroxylation sites is 1. The number of unbranched alkanes of at least 4 members (excludes halogenated alkanes) is 1. The lowest BCUT2D eigenvalue weighted by molar-refractivity contribution is 0.0489. The van der Waals surface area contributed by atoms with Crippen LogP contribution in [0.15, 0.2) is 60.7 Å². The predicted octanol–water partition coefficient (Wildman–Crippen LogP) is 6.73. The molecule has 2 aromatic heterocycles. The summed E-state index contributed by atoms with van der Waals surface area (Å²) in [6, 6.07) is 19.4. The van der Waals surface area contributed by atoms with E-state index in [9.17, 15) is 9.90 Å². The van der Waals surface area contributed by atoms with Crippen molar-refractivity contribution < 1.29 is 19.4 Å². The van der Waals surface area contributed by atoms with Gasteiger partial charge in [-0.1, -0.05) is 31.5 Å². The summed E-state index contributed by atoms with van der Waals surface area (Å²) in [7, 11) is 0. The monoisotopic (exact) mass is 433 g/mol. The van der Waals surface area contributed by atoms with Gasteiger partial charge in [-0.05, 0) is 61.4 Å². The van der Waals surface area contributed by atoms with Gasteiger partial charge >= 0.3 is 5.97 Å². The fraction of sp³-hybridized carbons (Fsp3) is 0.200. The van der Waals surface area contributed by atoms with Crippen LogP contribution in [0.5, 0.6) is 17.2 Å². The van der Waals surface area contributed by atoms with Crippen LogP contribution in [0.25, 0.3) is 20.5 Å². The topological polar surface area (TPSA) is 68.7 Å². The van der Waals surface area contributed by atoms with E-state index in [2.05, 4.69) is 4.98 Å². The Kier molecular flexibility index (Phi) is 6.18. The van der Waals surface area contributed by atoms with Crippen molar-refractivity contribution in [3.63, 3.8) is 0 Å². The van der Waals surface area contributed by atoms with Gasteiger partial charge < -0.3 is 14.6 Å². The van der Waals surface area contributed by atoms with Crippen molar-refractivity contribution in [1.29, 1.82) is 0 Å². The third kappa shape index (κ3) is 4.54. The maximum Gasteiger partial charge on any atom is 0.360 e. The number of pyridine rings is 1. The number of aryl methyl sites for hydroxylation is 1. The minimum Gasteiger partial charge on any atom is -0.504 e. The van der Waals surface area contributed by atoms with Crippen molar-refractivity contribution in [3.05, 3.63) is 72.1 Å². The number of ether oxygens (including phenoxy) is 2. The van der Waals surface area contributed by atoms with Gasteiger partial charge in [0.15, 0.2) is 11.4 Å². The molecule has 0 aliphatic carbocycles. The van der Waals surface area contributed by atoms with Crippen molar-refractivity contribution in [2.45, 2.75) is 26.7 Å². The second kappa shape index (κ2) is 9.18. The predicted molar refractivity (Wildman–Crippen MR) is 123 cm³/mol. The summed E-state index contributed by atoms with van der Waals surface area (Å²) in [6.45, 7) is 4.17. The molecule has 0 saturated heterocycles. The van der Waals surface area contributed by atoms with Crippen molar-refractivity contribution in [2.75, 3.05) is 6.61 Å². The molecule has 0 saturated carbocycles. The molecule has 0 unspecified atom stereocenters. The zero-order valence-electron chi connectivity index (χ0n) is 17.4. The molecule has 2 heterocycles. The van der Waals surface area contributed by atoms with E-state index < -0.39 is 5.97 Å². The normalized spacial score (nSPS) is 10.9. The number of hydrogen-bond donors (Lipinski definition) is 1. The maximum absolute atomic E-state index is 12.3. The summed E-state index contributed by atoms with van der Waals surface area (Å²) >= 11 is 1.42. The van der Waals surface area contributed by atoms with E-state index >= 15 is 0 Å². The Morgan fingerprint density at radius 2 is 1.77 bits per heavy atom. The molecule has 4 rings (SSSR count). The van der Waals surface area contributed by atoms with Crippen LogP contribution in [0, 0.1) is 6.92 Å². The standard InChI is InChI=1S/C25H23NO4S/c1-3-4-14-29-25(28)22-23(27)24-20(16(2)26-22)15-21(31-24)17-10-12-19(13-11-17)30-18-8-6-5-7-9-18/h5-13,15,27H,3-4,14H2,1-2H3. The van der Waals surface area contributed by atoms with E-state index in [1.165, 1.54) is 11.3 Å². The van der Waals surface area contributed by atoms with Gasteiger partial charge in [0.05, 0.1) is 11.3 Å². The van der Waals surface area contributed by atoms with E-state index in [-0.39, 0.29) is 11.4 Å². The first-order valence-electron chi connectivity index (χ1n) is 10.2. The number of rotatable bonds is 7. The first-order valence-corrected chi connectivity index (χ1v) is 11.0. The number of benzene rings is 2. The molecule has 0 atom stereocenters. The van der Waals surface area contributed by atoms with Crippen molar-refractivity contribution in [1.82, 2.24) is 4.98 Å². The van der Waals surface area contributed by atoms with Crippen LogP contribution in [-0.2, 0) is 4.74 Å². The Hall–Kier alpha value is -3.38. The number of aromatic hydroxyl groups is 1. The number of carbonyl (C=O) groups excluding carboxylic acids is 1. The van der Waals surface area contributed by atoms with E-state index in [1.54, 1.807) is 0 Å². The molecule has 0 aliphatic heterocycles. The highest BCUT2D eigenvalue weighted by molar-refractivity contribution is 7.22. The molecule has 0 amide bonds. The van der Waals surface area contributed by atoms with Crippen LogP contribution in [0.2, 0.25) is 0 Å². The number of fused-ring (bicyclic) bond motifs is 1. The van der Waals surface area contributed by atoms with Crippen LogP contribution < -0.4 is 4.74 Å². The minimum absolute atomic E-state index is 0.0267. The highest BCUT2D eigenvalue weighted by Gasteiger charge is 2.21. The van der Waals surface area contributed by atoms with Crippen molar-refractivity contribution in [3.8, 4) is 27.7 Å². The van der Waals surface area contributed by atoms with Gasteiger partial charge in [0.25, 0.3) is 0 Å². The highest BCUT2D eigenvalue weighted by atomic mass is 32.1.